The zero-order valence-electron chi connectivity index (χ0n) is 31.3. The molecule has 0 heterocycles. The number of carboxylic acids is 1. The summed E-state index contributed by atoms with van der Waals surface area (Å²) in [5.41, 5.74) is -3.07. The number of hydrogen-bond donors (Lipinski definition) is 1. The highest BCUT2D eigenvalue weighted by atomic mass is 79.9. The van der Waals surface area contributed by atoms with E-state index in [9.17, 15) is 36.7 Å². The van der Waals surface area contributed by atoms with Crippen LogP contribution in [0.2, 0.25) is 0 Å². The van der Waals surface area contributed by atoms with Crippen molar-refractivity contribution in [2.24, 2.45) is 0 Å². The molecular formula is C42H38Br2F4O8. The maximum absolute atomic E-state index is 14.5. The predicted octanol–water partition coefficient (Wildman–Crippen LogP) is 11.0. The lowest BCUT2D eigenvalue weighted by atomic mass is 10.1. The van der Waals surface area contributed by atoms with Gasteiger partial charge in [-0.1, -0.05) is 44.0 Å². The van der Waals surface area contributed by atoms with Gasteiger partial charge in [0.25, 0.3) is 0 Å². The highest BCUT2D eigenvalue weighted by Gasteiger charge is 2.36. The number of carboxylic acid groups (broad SMARTS) is 1. The SMILES string of the molecule is CC(C)(C)OC(=O)C(C)(C)Oc1c(F)cc(/C=C/C(=O)c2ccc(Br)cc2)cc1F.CC(C)(Oc1c(F)cc(/C=C/C(=O)c2ccc(Br)cc2)cc1F)C(=O)O. The van der Waals surface area contributed by atoms with Crippen LogP contribution in [0.3, 0.4) is 0 Å². The number of allylic oxidation sites excluding steroid dienone is 2. The van der Waals surface area contributed by atoms with Gasteiger partial charge in [-0.05, 0) is 145 Å². The second-order valence-electron chi connectivity index (χ2n) is 14.1. The van der Waals surface area contributed by atoms with Gasteiger partial charge in [0.2, 0.25) is 5.60 Å². The summed E-state index contributed by atoms with van der Waals surface area (Å²) >= 11 is 6.54. The Bertz CT molecular complexity index is 2110. The third-order valence-corrected chi connectivity index (χ3v) is 8.33. The van der Waals surface area contributed by atoms with Crippen LogP contribution in [-0.2, 0) is 14.3 Å². The highest BCUT2D eigenvalue weighted by molar-refractivity contribution is 9.10. The number of carbonyl (C=O) groups is 4. The lowest BCUT2D eigenvalue weighted by Crippen LogP contribution is -2.43. The Hall–Kier alpha value is -5.08. The summed E-state index contributed by atoms with van der Waals surface area (Å²) in [6.45, 7) is 10.1. The Morgan fingerprint density at radius 3 is 1.20 bits per heavy atom. The zero-order chi connectivity index (χ0) is 42.2. The van der Waals surface area contributed by atoms with Crippen molar-refractivity contribution in [1.82, 2.24) is 0 Å². The molecular weight excluding hydrogens is 868 g/mol. The normalized spacial score (nSPS) is 11.9. The summed E-state index contributed by atoms with van der Waals surface area (Å²) in [6, 6.07) is 17.3. The molecule has 56 heavy (non-hydrogen) atoms. The Kier molecular flexibility index (Phi) is 15.1. The average Bonchev–Trinajstić information content (AvgIpc) is 3.09. The summed E-state index contributed by atoms with van der Waals surface area (Å²) in [4.78, 5) is 47.5. The molecule has 8 nitrogen and oxygen atoms in total. The standard InChI is InChI=1S/C23H23BrF2O4.C19H15BrF2O4/c1-22(2,3)30-21(28)23(4,5)29-20-17(25)12-14(13-18(20)26)6-11-19(27)15-7-9-16(24)10-8-15;1-19(2,18(24)25)26-17-14(21)9-11(10-15(17)22)3-8-16(23)12-4-6-13(20)7-5-12/h6-13H,1-5H3;3-10H,1-2H3,(H,24,25)/b11-6+;8-3+. The molecule has 4 aromatic carbocycles. The average molecular weight is 907 g/mol. The number of carbonyl (C=O) groups excluding carboxylic acids is 3. The van der Waals surface area contributed by atoms with Gasteiger partial charge >= 0.3 is 11.9 Å². The van der Waals surface area contributed by atoms with E-state index in [1.165, 1.54) is 52.0 Å². The van der Waals surface area contributed by atoms with E-state index in [1.807, 2.05) is 0 Å². The van der Waals surface area contributed by atoms with Crippen LogP contribution in [0.1, 0.15) is 80.3 Å². The Morgan fingerprint density at radius 2 is 0.893 bits per heavy atom. The number of benzene rings is 4. The van der Waals surface area contributed by atoms with Crippen LogP contribution < -0.4 is 9.47 Å². The van der Waals surface area contributed by atoms with Crippen molar-refractivity contribution in [3.63, 3.8) is 0 Å². The fourth-order valence-corrected chi connectivity index (χ4v) is 4.84. The minimum Gasteiger partial charge on any atom is -0.478 e. The van der Waals surface area contributed by atoms with E-state index in [2.05, 4.69) is 31.9 Å². The minimum atomic E-state index is -1.80. The topological polar surface area (TPSA) is 116 Å². The second kappa shape index (κ2) is 18.7. The van der Waals surface area contributed by atoms with Crippen LogP contribution in [-0.4, -0.2) is 45.4 Å². The van der Waals surface area contributed by atoms with Crippen LogP contribution >= 0.6 is 31.9 Å². The summed E-state index contributed by atoms with van der Waals surface area (Å²) in [5.74, 6) is -8.34. The van der Waals surface area contributed by atoms with Gasteiger partial charge in [0.15, 0.2) is 51.9 Å². The number of aliphatic carboxylic acids is 1. The van der Waals surface area contributed by atoms with Crippen molar-refractivity contribution in [1.29, 1.82) is 0 Å². The molecule has 4 rings (SSSR count). The maximum Gasteiger partial charge on any atom is 0.350 e. The highest BCUT2D eigenvalue weighted by Crippen LogP contribution is 2.30. The van der Waals surface area contributed by atoms with Crippen molar-refractivity contribution >= 4 is 67.5 Å². The molecule has 0 aliphatic heterocycles. The van der Waals surface area contributed by atoms with E-state index in [-0.39, 0.29) is 22.7 Å². The molecule has 0 unspecified atom stereocenters. The molecule has 0 saturated heterocycles. The molecule has 1 N–H and O–H groups in total. The van der Waals surface area contributed by atoms with E-state index in [0.717, 1.165) is 33.2 Å². The van der Waals surface area contributed by atoms with E-state index < -0.39 is 63.5 Å². The van der Waals surface area contributed by atoms with Gasteiger partial charge in [-0.2, -0.15) is 0 Å². The van der Waals surface area contributed by atoms with Crippen molar-refractivity contribution in [2.45, 2.75) is 65.3 Å². The largest absolute Gasteiger partial charge is 0.478 e. The first-order valence-electron chi connectivity index (χ1n) is 16.7. The quantitative estimate of drug-likeness (QED) is 0.0647. The Morgan fingerprint density at radius 1 is 0.571 bits per heavy atom. The molecule has 4 aromatic rings. The number of hydrogen-bond acceptors (Lipinski definition) is 7. The Balaban J connectivity index is 0.000000303. The van der Waals surface area contributed by atoms with Gasteiger partial charge in [0.1, 0.15) is 5.60 Å². The molecule has 0 amide bonds. The van der Waals surface area contributed by atoms with E-state index >= 15 is 0 Å². The molecule has 296 valence electrons. The molecule has 0 bridgehead atoms. The molecule has 14 heteroatoms. The van der Waals surface area contributed by atoms with Crippen molar-refractivity contribution in [2.75, 3.05) is 0 Å². The summed E-state index contributed by atoms with van der Waals surface area (Å²) in [7, 11) is 0. The fourth-order valence-electron chi connectivity index (χ4n) is 4.31. The molecule has 0 aromatic heterocycles. The molecule has 0 radical (unpaired) electrons. The van der Waals surface area contributed by atoms with Crippen LogP contribution in [0.25, 0.3) is 12.2 Å². The lowest BCUT2D eigenvalue weighted by Gasteiger charge is -2.29. The van der Waals surface area contributed by atoms with Crippen molar-refractivity contribution in [3.8, 4) is 11.5 Å². The van der Waals surface area contributed by atoms with Gasteiger partial charge in [-0.15, -0.1) is 0 Å². The molecule has 0 aliphatic rings. The smallest absolute Gasteiger partial charge is 0.350 e. The molecule has 0 aliphatic carbocycles. The third kappa shape index (κ3) is 13.3. The van der Waals surface area contributed by atoms with E-state index in [1.54, 1.807) is 69.3 Å². The molecule has 0 fully saturated rings. The summed E-state index contributed by atoms with van der Waals surface area (Å²) in [6.07, 6.45) is 4.99. The number of ketones is 2. The van der Waals surface area contributed by atoms with E-state index in [0.29, 0.717) is 11.1 Å². The van der Waals surface area contributed by atoms with Gasteiger partial charge in [-0.3, -0.25) is 9.59 Å². The Labute approximate surface area is 338 Å². The molecule has 0 atom stereocenters. The zero-order valence-corrected chi connectivity index (χ0v) is 34.5. The summed E-state index contributed by atoms with van der Waals surface area (Å²) < 4.78 is 74.4. The first-order valence-corrected chi connectivity index (χ1v) is 18.3. The lowest BCUT2D eigenvalue weighted by molar-refractivity contribution is -0.171. The van der Waals surface area contributed by atoms with Gasteiger partial charge in [0, 0.05) is 20.1 Å². The van der Waals surface area contributed by atoms with Crippen LogP contribution in [0, 0.1) is 23.3 Å². The fraction of sp³-hybridized carbons (Fsp3) is 0.238. The van der Waals surface area contributed by atoms with Gasteiger partial charge in [0.05, 0.1) is 0 Å². The second-order valence-corrected chi connectivity index (χ2v) is 15.9. The van der Waals surface area contributed by atoms with Crippen LogP contribution in [0.5, 0.6) is 11.5 Å². The van der Waals surface area contributed by atoms with Crippen LogP contribution in [0.15, 0.2) is 93.9 Å². The van der Waals surface area contributed by atoms with E-state index in [4.69, 9.17) is 19.3 Å². The summed E-state index contributed by atoms with van der Waals surface area (Å²) in [5, 5.41) is 8.99. The molecule has 0 saturated carbocycles. The van der Waals surface area contributed by atoms with Gasteiger partial charge < -0.3 is 19.3 Å². The number of ether oxygens (including phenoxy) is 3. The van der Waals surface area contributed by atoms with Crippen LogP contribution in [0.4, 0.5) is 17.6 Å². The third-order valence-electron chi connectivity index (χ3n) is 7.27. The minimum absolute atomic E-state index is 0.103. The maximum atomic E-state index is 14.5. The number of esters is 1. The number of halogens is 6. The van der Waals surface area contributed by atoms with Crippen molar-refractivity contribution in [3.05, 3.63) is 139 Å². The van der Waals surface area contributed by atoms with Gasteiger partial charge in [-0.25, -0.2) is 27.2 Å². The molecule has 0 spiro atoms. The predicted molar refractivity (Wildman–Crippen MR) is 211 cm³/mol. The number of rotatable bonds is 12. The first-order chi connectivity index (χ1) is 25.9. The first kappa shape index (κ1) is 45.3. The monoisotopic (exact) mass is 904 g/mol. The van der Waals surface area contributed by atoms with Crippen molar-refractivity contribution < 1.29 is 56.1 Å².